The molecule has 1 aliphatic rings. The second-order valence-electron chi connectivity index (χ2n) is 6.58. The fourth-order valence-electron chi connectivity index (χ4n) is 3.04. The van der Waals surface area contributed by atoms with Crippen LogP contribution in [0.15, 0.2) is 24.4 Å². The lowest BCUT2D eigenvalue weighted by Crippen LogP contribution is -2.44. The minimum Gasteiger partial charge on any atom is -0.344 e. The number of carbonyl (C=O) groups excluding carboxylic acids is 2. The van der Waals surface area contributed by atoms with E-state index in [1.807, 2.05) is 18.2 Å². The number of aromatic nitrogens is 1. The molecule has 1 aromatic rings. The molecule has 0 bridgehead atoms. The van der Waals surface area contributed by atoms with Crippen molar-refractivity contribution in [3.05, 3.63) is 30.1 Å². The highest BCUT2D eigenvalue weighted by molar-refractivity contribution is 5.83. The smallest absolute Gasteiger partial charge is 0.317 e. The summed E-state index contributed by atoms with van der Waals surface area (Å²) in [7, 11) is 3.54. The first kappa shape index (κ1) is 18.2. The van der Waals surface area contributed by atoms with Gasteiger partial charge in [-0.25, -0.2) is 4.79 Å². The van der Waals surface area contributed by atoms with Crippen LogP contribution in [0.2, 0.25) is 0 Å². The normalized spacial score (nSPS) is 14.4. The number of pyridine rings is 1. The zero-order valence-corrected chi connectivity index (χ0v) is 14.7. The van der Waals surface area contributed by atoms with Crippen LogP contribution in [0.4, 0.5) is 4.79 Å². The molecule has 6 heteroatoms. The zero-order chi connectivity index (χ0) is 17.4. The maximum atomic E-state index is 12.1. The quantitative estimate of drug-likeness (QED) is 0.829. The van der Waals surface area contributed by atoms with Gasteiger partial charge in [-0.05, 0) is 30.9 Å². The molecule has 0 aliphatic heterocycles. The second kappa shape index (κ2) is 9.25. The minimum absolute atomic E-state index is 0.0343. The standard InChI is InChI=1S/C18H28N4O2/c1-21(12-10-16-9-5-6-11-19-16)17(23)13-20-18(24)22(2)14-15-7-3-4-8-15/h5-6,9,11,15H,3-4,7-8,10,12-14H2,1-2H3,(H,20,24). The summed E-state index contributed by atoms with van der Waals surface area (Å²) in [5.74, 6) is 0.519. The first-order valence-corrected chi connectivity index (χ1v) is 8.69. The minimum atomic E-state index is -0.173. The number of nitrogens with zero attached hydrogens (tertiary/aromatic N) is 3. The van der Waals surface area contributed by atoms with Gasteiger partial charge in [0.25, 0.3) is 0 Å². The molecule has 0 saturated heterocycles. The highest BCUT2D eigenvalue weighted by Crippen LogP contribution is 2.25. The van der Waals surface area contributed by atoms with Crippen LogP contribution >= 0.6 is 0 Å². The predicted octanol–water partition coefficient (Wildman–Crippen LogP) is 1.91. The fourth-order valence-corrected chi connectivity index (χ4v) is 3.04. The van der Waals surface area contributed by atoms with Gasteiger partial charge in [-0.3, -0.25) is 9.78 Å². The SMILES string of the molecule is CN(CCc1ccccn1)C(=O)CNC(=O)N(C)CC1CCCC1. The van der Waals surface area contributed by atoms with Crippen LogP contribution in [-0.4, -0.2) is 60.5 Å². The van der Waals surface area contributed by atoms with Crippen LogP contribution in [0.3, 0.4) is 0 Å². The molecule has 3 amide bonds. The molecular weight excluding hydrogens is 304 g/mol. The number of rotatable bonds is 7. The van der Waals surface area contributed by atoms with Gasteiger partial charge in [0.15, 0.2) is 0 Å². The number of urea groups is 1. The number of likely N-dealkylation sites (N-methyl/N-ethyl adjacent to an activating group) is 1. The Morgan fingerprint density at radius 3 is 2.62 bits per heavy atom. The molecule has 1 heterocycles. The topological polar surface area (TPSA) is 65.5 Å². The molecular formula is C18H28N4O2. The highest BCUT2D eigenvalue weighted by Gasteiger charge is 2.20. The Bertz CT molecular complexity index is 529. The molecule has 1 fully saturated rings. The van der Waals surface area contributed by atoms with E-state index >= 15 is 0 Å². The number of nitrogens with one attached hydrogen (secondary N) is 1. The Balaban J connectivity index is 1.66. The molecule has 0 spiro atoms. The molecule has 1 N–H and O–H groups in total. The van der Waals surface area contributed by atoms with Gasteiger partial charge in [-0.2, -0.15) is 0 Å². The maximum Gasteiger partial charge on any atom is 0.317 e. The third kappa shape index (κ3) is 5.83. The van der Waals surface area contributed by atoms with Gasteiger partial charge in [0, 0.05) is 45.5 Å². The summed E-state index contributed by atoms with van der Waals surface area (Å²) in [6, 6.07) is 5.58. The van der Waals surface area contributed by atoms with Gasteiger partial charge in [-0.1, -0.05) is 18.9 Å². The van der Waals surface area contributed by atoms with Crippen molar-refractivity contribution >= 4 is 11.9 Å². The first-order chi connectivity index (χ1) is 11.6. The Morgan fingerprint density at radius 1 is 1.21 bits per heavy atom. The molecule has 24 heavy (non-hydrogen) atoms. The molecule has 0 aromatic carbocycles. The summed E-state index contributed by atoms with van der Waals surface area (Å²) in [6.45, 7) is 1.39. The van der Waals surface area contributed by atoms with Crippen LogP contribution < -0.4 is 5.32 Å². The lowest BCUT2D eigenvalue weighted by molar-refractivity contribution is -0.128. The Kier molecular flexibility index (Phi) is 7.03. The lowest BCUT2D eigenvalue weighted by Gasteiger charge is -2.22. The first-order valence-electron chi connectivity index (χ1n) is 8.69. The van der Waals surface area contributed by atoms with Gasteiger partial charge in [0.05, 0.1) is 6.54 Å². The van der Waals surface area contributed by atoms with Crippen LogP contribution in [0.5, 0.6) is 0 Å². The van der Waals surface area contributed by atoms with Crippen molar-refractivity contribution in [2.45, 2.75) is 32.1 Å². The highest BCUT2D eigenvalue weighted by atomic mass is 16.2. The summed E-state index contributed by atoms with van der Waals surface area (Å²) < 4.78 is 0. The van der Waals surface area contributed by atoms with Gasteiger partial charge >= 0.3 is 6.03 Å². The largest absolute Gasteiger partial charge is 0.344 e. The van der Waals surface area contributed by atoms with E-state index in [0.29, 0.717) is 18.9 Å². The van der Waals surface area contributed by atoms with E-state index < -0.39 is 0 Å². The van der Waals surface area contributed by atoms with Crippen LogP contribution in [0.25, 0.3) is 0 Å². The van der Waals surface area contributed by atoms with Crippen molar-refractivity contribution in [2.24, 2.45) is 5.92 Å². The van der Waals surface area contributed by atoms with Crippen molar-refractivity contribution in [3.8, 4) is 0 Å². The Labute approximate surface area is 144 Å². The summed E-state index contributed by atoms with van der Waals surface area (Å²) >= 11 is 0. The van der Waals surface area contributed by atoms with Crippen molar-refractivity contribution in [1.82, 2.24) is 20.1 Å². The number of carbonyl (C=O) groups is 2. The average molecular weight is 332 g/mol. The molecule has 1 aromatic heterocycles. The van der Waals surface area contributed by atoms with Gasteiger partial charge < -0.3 is 15.1 Å². The second-order valence-corrected chi connectivity index (χ2v) is 6.58. The number of hydrogen-bond acceptors (Lipinski definition) is 3. The van der Waals surface area contributed by atoms with Crippen molar-refractivity contribution in [1.29, 1.82) is 0 Å². The van der Waals surface area contributed by atoms with Gasteiger partial charge in [-0.15, -0.1) is 0 Å². The zero-order valence-electron chi connectivity index (χ0n) is 14.7. The van der Waals surface area contributed by atoms with E-state index in [0.717, 1.165) is 12.2 Å². The van der Waals surface area contributed by atoms with Crippen molar-refractivity contribution in [2.75, 3.05) is 33.7 Å². The molecule has 132 valence electrons. The van der Waals surface area contributed by atoms with Gasteiger partial charge in [0.1, 0.15) is 0 Å². The summed E-state index contributed by atoms with van der Waals surface area (Å²) in [4.78, 5) is 31.7. The summed E-state index contributed by atoms with van der Waals surface area (Å²) in [6.07, 6.45) is 7.38. The Hall–Kier alpha value is -2.11. The number of hydrogen-bond donors (Lipinski definition) is 1. The molecule has 0 radical (unpaired) electrons. The van der Waals surface area contributed by atoms with Crippen molar-refractivity contribution in [3.63, 3.8) is 0 Å². The fraction of sp³-hybridized carbons (Fsp3) is 0.611. The molecule has 0 atom stereocenters. The predicted molar refractivity (Wildman–Crippen MR) is 93.6 cm³/mol. The van der Waals surface area contributed by atoms with E-state index in [9.17, 15) is 9.59 Å². The molecule has 6 nitrogen and oxygen atoms in total. The summed E-state index contributed by atoms with van der Waals surface area (Å²) in [5, 5.41) is 2.72. The third-order valence-electron chi connectivity index (χ3n) is 4.60. The van der Waals surface area contributed by atoms with E-state index in [1.165, 1.54) is 25.7 Å². The molecule has 1 saturated carbocycles. The van der Waals surface area contributed by atoms with Gasteiger partial charge in [0.2, 0.25) is 5.91 Å². The van der Waals surface area contributed by atoms with E-state index in [4.69, 9.17) is 0 Å². The van der Waals surface area contributed by atoms with Crippen LogP contribution in [0, 0.1) is 5.92 Å². The van der Waals surface area contributed by atoms with Crippen LogP contribution in [-0.2, 0) is 11.2 Å². The third-order valence-corrected chi connectivity index (χ3v) is 4.60. The molecule has 2 rings (SSSR count). The van der Waals surface area contributed by atoms with Crippen LogP contribution in [0.1, 0.15) is 31.4 Å². The molecule has 1 aliphatic carbocycles. The van der Waals surface area contributed by atoms with E-state index in [2.05, 4.69) is 10.3 Å². The number of amides is 3. The van der Waals surface area contributed by atoms with Crippen molar-refractivity contribution < 1.29 is 9.59 Å². The summed E-state index contributed by atoms with van der Waals surface area (Å²) in [5.41, 5.74) is 0.956. The van der Waals surface area contributed by atoms with E-state index in [-0.39, 0.29) is 18.5 Å². The lowest BCUT2D eigenvalue weighted by atomic mass is 10.1. The average Bonchev–Trinajstić information content (AvgIpc) is 3.11. The molecule has 0 unspecified atom stereocenters. The van der Waals surface area contributed by atoms with E-state index in [1.54, 1.807) is 30.1 Å². The maximum absolute atomic E-state index is 12.1. The Morgan fingerprint density at radius 2 is 1.96 bits per heavy atom. The monoisotopic (exact) mass is 332 g/mol.